The summed E-state index contributed by atoms with van der Waals surface area (Å²) in [6.45, 7) is 5.90. The van der Waals surface area contributed by atoms with Crippen molar-refractivity contribution in [1.82, 2.24) is 9.55 Å². The molecule has 0 saturated heterocycles. The third-order valence-electron chi connectivity index (χ3n) is 3.30. The number of ether oxygens (including phenoxy) is 1. The van der Waals surface area contributed by atoms with Gasteiger partial charge < -0.3 is 10.5 Å². The van der Waals surface area contributed by atoms with E-state index in [4.69, 9.17) is 10.5 Å². The molecular weight excluding hydrogens is 242 g/mol. The molecule has 1 aromatic carbocycles. The number of fused-ring (bicyclic) bond motifs is 1. The van der Waals surface area contributed by atoms with Crippen molar-refractivity contribution >= 4 is 23.0 Å². The molecule has 0 aliphatic carbocycles. The molecule has 19 heavy (non-hydrogen) atoms. The number of carbonyl (C=O) groups is 1. The van der Waals surface area contributed by atoms with E-state index in [9.17, 15) is 4.79 Å². The maximum absolute atomic E-state index is 12.0. The van der Waals surface area contributed by atoms with Crippen molar-refractivity contribution in [1.29, 1.82) is 0 Å². The maximum atomic E-state index is 12.0. The van der Waals surface area contributed by atoms with Gasteiger partial charge >= 0.3 is 5.97 Å². The summed E-state index contributed by atoms with van der Waals surface area (Å²) in [7, 11) is 1.39. The Hall–Kier alpha value is -2.04. The zero-order chi connectivity index (χ0) is 14.2. The van der Waals surface area contributed by atoms with Gasteiger partial charge in [-0.15, -0.1) is 0 Å². The van der Waals surface area contributed by atoms with Crippen LogP contribution in [0.2, 0.25) is 0 Å². The lowest BCUT2D eigenvalue weighted by atomic mass is 10.0. The van der Waals surface area contributed by atoms with Crippen LogP contribution in [0.15, 0.2) is 18.2 Å². The largest absolute Gasteiger partial charge is 0.467 e. The molecule has 2 aromatic rings. The summed E-state index contributed by atoms with van der Waals surface area (Å²) < 4.78 is 6.65. The lowest BCUT2D eigenvalue weighted by Crippen LogP contribution is -2.26. The van der Waals surface area contributed by atoms with Crippen LogP contribution in [-0.2, 0) is 9.53 Å². The second-order valence-electron chi connectivity index (χ2n) is 4.99. The summed E-state index contributed by atoms with van der Waals surface area (Å²) >= 11 is 0. The first-order chi connectivity index (χ1) is 8.97. The van der Waals surface area contributed by atoms with Gasteiger partial charge in [0.1, 0.15) is 6.04 Å². The van der Waals surface area contributed by atoms with Crippen molar-refractivity contribution in [2.75, 3.05) is 12.8 Å². The van der Waals surface area contributed by atoms with Gasteiger partial charge in [-0.1, -0.05) is 26.0 Å². The lowest BCUT2D eigenvalue weighted by molar-refractivity contribution is -0.145. The number of nitrogens with two attached hydrogens (primary N) is 1. The number of rotatable bonds is 3. The van der Waals surface area contributed by atoms with Crippen molar-refractivity contribution in [2.45, 2.75) is 26.8 Å². The highest BCUT2D eigenvalue weighted by atomic mass is 16.5. The number of imidazole rings is 1. The van der Waals surface area contributed by atoms with Crippen LogP contribution in [0.3, 0.4) is 0 Å². The first-order valence-corrected chi connectivity index (χ1v) is 6.28. The quantitative estimate of drug-likeness (QED) is 0.861. The monoisotopic (exact) mass is 261 g/mol. The molecule has 0 amide bonds. The summed E-state index contributed by atoms with van der Waals surface area (Å²) in [6, 6.07) is 5.37. The number of esters is 1. The fourth-order valence-corrected chi connectivity index (χ4v) is 2.36. The first kappa shape index (κ1) is 13.4. The highest BCUT2D eigenvalue weighted by Crippen LogP contribution is 2.29. The van der Waals surface area contributed by atoms with Crippen molar-refractivity contribution in [3.05, 3.63) is 23.8 Å². The number of benzene rings is 1. The molecule has 0 fully saturated rings. The van der Waals surface area contributed by atoms with E-state index in [0.717, 1.165) is 16.6 Å². The standard InChI is InChI=1S/C14H19N3O2/c1-8(2)12(13(18)19-4)17-10-7-5-6-9(3)11(10)16-14(17)15/h5-8,12H,1-4H3,(H2,15,16). The van der Waals surface area contributed by atoms with Gasteiger partial charge in [-0.2, -0.15) is 0 Å². The number of aryl methyl sites for hydroxylation is 1. The Morgan fingerprint density at radius 2 is 2.11 bits per heavy atom. The van der Waals surface area contributed by atoms with E-state index in [0.29, 0.717) is 5.95 Å². The number of methoxy groups -OCH3 is 1. The predicted octanol–water partition coefficient (Wildman–Crippen LogP) is 2.30. The van der Waals surface area contributed by atoms with Crippen LogP contribution in [0.4, 0.5) is 5.95 Å². The Balaban J connectivity index is 2.69. The second kappa shape index (κ2) is 4.91. The van der Waals surface area contributed by atoms with Gasteiger partial charge in [0, 0.05) is 0 Å². The minimum absolute atomic E-state index is 0.0627. The third kappa shape index (κ3) is 2.16. The summed E-state index contributed by atoms with van der Waals surface area (Å²) in [5, 5.41) is 0. The molecule has 5 nitrogen and oxygen atoms in total. The number of aromatic nitrogens is 2. The van der Waals surface area contributed by atoms with Crippen LogP contribution in [0.1, 0.15) is 25.5 Å². The first-order valence-electron chi connectivity index (χ1n) is 6.28. The van der Waals surface area contributed by atoms with E-state index in [1.54, 1.807) is 4.57 Å². The highest BCUT2D eigenvalue weighted by molar-refractivity contribution is 5.85. The second-order valence-corrected chi connectivity index (χ2v) is 4.99. The number of carbonyl (C=O) groups excluding carboxylic acids is 1. The molecule has 0 bridgehead atoms. The number of hydrogen-bond donors (Lipinski definition) is 1. The van der Waals surface area contributed by atoms with E-state index in [2.05, 4.69) is 4.98 Å². The molecule has 1 unspecified atom stereocenters. The molecule has 0 saturated carbocycles. The Labute approximate surface area is 112 Å². The summed E-state index contributed by atoms with van der Waals surface area (Å²) in [5.74, 6) is 0.101. The number of para-hydroxylation sites is 1. The Morgan fingerprint density at radius 1 is 1.42 bits per heavy atom. The fourth-order valence-electron chi connectivity index (χ4n) is 2.36. The zero-order valence-electron chi connectivity index (χ0n) is 11.7. The van der Waals surface area contributed by atoms with Crippen LogP contribution in [-0.4, -0.2) is 22.6 Å². The van der Waals surface area contributed by atoms with Crippen molar-refractivity contribution in [3.63, 3.8) is 0 Å². The average Bonchev–Trinajstić information content (AvgIpc) is 2.68. The van der Waals surface area contributed by atoms with E-state index in [1.165, 1.54) is 7.11 Å². The highest BCUT2D eigenvalue weighted by Gasteiger charge is 2.28. The molecule has 102 valence electrons. The van der Waals surface area contributed by atoms with Crippen LogP contribution in [0.5, 0.6) is 0 Å². The Morgan fingerprint density at radius 3 is 2.68 bits per heavy atom. The van der Waals surface area contributed by atoms with Crippen molar-refractivity contribution < 1.29 is 9.53 Å². The SMILES string of the molecule is COC(=O)C(C(C)C)n1c(N)nc2c(C)cccc21. The normalized spacial score (nSPS) is 12.9. The van der Waals surface area contributed by atoms with Gasteiger partial charge in [0.25, 0.3) is 0 Å². The third-order valence-corrected chi connectivity index (χ3v) is 3.30. The van der Waals surface area contributed by atoms with Crippen LogP contribution >= 0.6 is 0 Å². The Bertz CT molecular complexity index is 616. The van der Waals surface area contributed by atoms with Gasteiger partial charge in [0.2, 0.25) is 5.95 Å². The van der Waals surface area contributed by atoms with Crippen molar-refractivity contribution in [2.24, 2.45) is 5.92 Å². The van der Waals surface area contributed by atoms with E-state index in [-0.39, 0.29) is 11.9 Å². The fraction of sp³-hybridized carbons (Fsp3) is 0.429. The molecule has 1 heterocycles. The molecule has 0 radical (unpaired) electrons. The van der Waals surface area contributed by atoms with Gasteiger partial charge in [0.15, 0.2) is 0 Å². The number of nitrogens with zero attached hydrogens (tertiary/aromatic N) is 2. The maximum Gasteiger partial charge on any atom is 0.329 e. The van der Waals surface area contributed by atoms with Gasteiger partial charge in [-0.3, -0.25) is 4.57 Å². The topological polar surface area (TPSA) is 70.1 Å². The molecule has 1 aromatic heterocycles. The average molecular weight is 261 g/mol. The number of hydrogen-bond acceptors (Lipinski definition) is 4. The molecule has 1 atom stereocenters. The smallest absolute Gasteiger partial charge is 0.329 e. The molecule has 0 aliphatic heterocycles. The predicted molar refractivity (Wildman–Crippen MR) is 74.8 cm³/mol. The summed E-state index contributed by atoms with van der Waals surface area (Å²) in [6.07, 6.45) is 0. The molecular formula is C14H19N3O2. The molecule has 5 heteroatoms. The number of anilines is 1. The minimum Gasteiger partial charge on any atom is -0.467 e. The van der Waals surface area contributed by atoms with Gasteiger partial charge in [-0.25, -0.2) is 9.78 Å². The van der Waals surface area contributed by atoms with E-state index < -0.39 is 6.04 Å². The molecule has 0 aliphatic rings. The summed E-state index contributed by atoms with van der Waals surface area (Å²) in [4.78, 5) is 16.4. The summed E-state index contributed by atoms with van der Waals surface area (Å²) in [5.41, 5.74) is 8.73. The Kier molecular flexibility index (Phi) is 3.46. The van der Waals surface area contributed by atoms with E-state index in [1.807, 2.05) is 39.0 Å². The minimum atomic E-state index is -0.461. The van der Waals surface area contributed by atoms with Crippen LogP contribution in [0.25, 0.3) is 11.0 Å². The van der Waals surface area contributed by atoms with Crippen molar-refractivity contribution in [3.8, 4) is 0 Å². The van der Waals surface area contributed by atoms with E-state index >= 15 is 0 Å². The number of nitrogen functional groups attached to an aromatic ring is 1. The lowest BCUT2D eigenvalue weighted by Gasteiger charge is -2.21. The van der Waals surface area contributed by atoms with Crippen LogP contribution in [0, 0.1) is 12.8 Å². The molecule has 2 rings (SSSR count). The zero-order valence-corrected chi connectivity index (χ0v) is 11.7. The van der Waals surface area contributed by atoms with Crippen LogP contribution < -0.4 is 5.73 Å². The van der Waals surface area contributed by atoms with Gasteiger partial charge in [0.05, 0.1) is 18.1 Å². The molecule has 0 spiro atoms. The van der Waals surface area contributed by atoms with Gasteiger partial charge in [-0.05, 0) is 24.5 Å². The molecule has 2 N–H and O–H groups in total.